The van der Waals surface area contributed by atoms with Crippen LogP contribution in [0.5, 0.6) is 0 Å². The first-order valence-corrected chi connectivity index (χ1v) is 10.0. The average Bonchev–Trinajstić information content (AvgIpc) is 2.53. The molecule has 0 aliphatic carbocycles. The third-order valence-corrected chi connectivity index (χ3v) is 5.04. The van der Waals surface area contributed by atoms with Crippen LogP contribution >= 0.6 is 0 Å². The van der Waals surface area contributed by atoms with Crippen molar-refractivity contribution in [2.24, 2.45) is 0 Å². The van der Waals surface area contributed by atoms with Gasteiger partial charge in [-0.1, -0.05) is 6.92 Å². The van der Waals surface area contributed by atoms with Crippen LogP contribution in [0.2, 0.25) is 0 Å². The molecule has 2 amide bonds. The van der Waals surface area contributed by atoms with Crippen LogP contribution in [0.25, 0.3) is 11.4 Å². The molecule has 0 atom stereocenters. The second kappa shape index (κ2) is 8.13. The Labute approximate surface area is 153 Å². The van der Waals surface area contributed by atoms with Gasteiger partial charge in [-0.3, -0.25) is 0 Å². The van der Waals surface area contributed by atoms with Crippen molar-refractivity contribution in [2.75, 3.05) is 16.8 Å². The molecule has 0 saturated carbocycles. The largest absolute Gasteiger partial charge is 0.384 e. The molecule has 0 spiro atoms. The third kappa shape index (κ3) is 5.69. The molecule has 0 unspecified atom stereocenters. The van der Waals surface area contributed by atoms with Crippen molar-refractivity contribution >= 4 is 27.4 Å². The number of hydrogen-bond donors (Lipinski definition) is 3. The van der Waals surface area contributed by atoms with Gasteiger partial charge in [-0.25, -0.2) is 23.2 Å². The second-order valence-corrected chi connectivity index (χ2v) is 8.47. The van der Waals surface area contributed by atoms with E-state index >= 15 is 0 Å². The van der Waals surface area contributed by atoms with E-state index in [1.165, 1.54) is 6.07 Å². The highest BCUT2D eigenvalue weighted by Crippen LogP contribution is 2.20. The summed E-state index contributed by atoms with van der Waals surface area (Å²) in [6, 6.07) is 8.10. The highest BCUT2D eigenvalue weighted by atomic mass is 32.2. The standard InChI is InChI=1S/C17H23N5O3S/c1-4-26(24,25)10-14-9-15(18)22-16(20-14)12-5-7-13(8-6-12)21-17(23)19-11(2)3/h5-9,11H,4,10H2,1-3H3,(H2,18,20,22)(H2,19,21,23). The quantitative estimate of drug-likeness (QED) is 0.708. The minimum Gasteiger partial charge on any atom is -0.384 e. The van der Waals surface area contributed by atoms with Crippen LogP contribution < -0.4 is 16.4 Å². The van der Waals surface area contributed by atoms with E-state index in [0.29, 0.717) is 22.8 Å². The first-order valence-electron chi connectivity index (χ1n) is 8.20. The van der Waals surface area contributed by atoms with E-state index in [-0.39, 0.29) is 29.4 Å². The molecule has 0 fully saturated rings. The molecule has 0 aliphatic heterocycles. The molecule has 2 rings (SSSR count). The molecule has 9 heteroatoms. The summed E-state index contributed by atoms with van der Waals surface area (Å²) >= 11 is 0. The first-order chi connectivity index (χ1) is 12.2. The Morgan fingerprint density at radius 1 is 1.19 bits per heavy atom. The summed E-state index contributed by atoms with van der Waals surface area (Å²) in [4.78, 5) is 20.2. The van der Waals surface area contributed by atoms with Gasteiger partial charge in [0.05, 0.1) is 11.4 Å². The van der Waals surface area contributed by atoms with E-state index in [1.54, 1.807) is 31.2 Å². The number of amides is 2. The third-order valence-electron chi connectivity index (χ3n) is 3.43. The fraction of sp³-hybridized carbons (Fsp3) is 0.353. The maximum absolute atomic E-state index is 11.8. The zero-order valence-electron chi connectivity index (χ0n) is 15.0. The Bertz CT molecular complexity index is 880. The number of nitrogens with zero attached hydrogens (tertiary/aromatic N) is 2. The summed E-state index contributed by atoms with van der Waals surface area (Å²) in [7, 11) is -3.22. The highest BCUT2D eigenvalue weighted by Gasteiger charge is 2.13. The summed E-state index contributed by atoms with van der Waals surface area (Å²) in [5.74, 6) is 0.391. The summed E-state index contributed by atoms with van der Waals surface area (Å²) < 4.78 is 23.6. The fourth-order valence-electron chi connectivity index (χ4n) is 2.18. The van der Waals surface area contributed by atoms with Crippen LogP contribution in [0.3, 0.4) is 0 Å². The van der Waals surface area contributed by atoms with Gasteiger partial charge in [-0.2, -0.15) is 0 Å². The van der Waals surface area contributed by atoms with Crippen molar-refractivity contribution in [1.82, 2.24) is 15.3 Å². The van der Waals surface area contributed by atoms with Crippen LogP contribution in [0, 0.1) is 0 Å². The molecule has 26 heavy (non-hydrogen) atoms. The van der Waals surface area contributed by atoms with E-state index in [0.717, 1.165) is 0 Å². The van der Waals surface area contributed by atoms with Crippen LogP contribution in [-0.2, 0) is 15.6 Å². The Balaban J connectivity index is 2.20. The molecular formula is C17H23N5O3S. The first kappa shape index (κ1) is 19.6. The van der Waals surface area contributed by atoms with Gasteiger partial charge in [0.2, 0.25) is 0 Å². The lowest BCUT2D eigenvalue weighted by Crippen LogP contribution is -2.34. The molecular weight excluding hydrogens is 354 g/mol. The topological polar surface area (TPSA) is 127 Å². The molecule has 0 radical (unpaired) electrons. The van der Waals surface area contributed by atoms with Gasteiger partial charge < -0.3 is 16.4 Å². The number of carbonyl (C=O) groups is 1. The Morgan fingerprint density at radius 2 is 1.85 bits per heavy atom. The van der Waals surface area contributed by atoms with Gasteiger partial charge in [0.15, 0.2) is 15.7 Å². The van der Waals surface area contributed by atoms with Crippen LogP contribution in [0.1, 0.15) is 26.5 Å². The van der Waals surface area contributed by atoms with Gasteiger partial charge in [-0.15, -0.1) is 0 Å². The average molecular weight is 377 g/mol. The number of rotatable bonds is 6. The smallest absolute Gasteiger partial charge is 0.319 e. The fourth-order valence-corrected chi connectivity index (χ4v) is 2.98. The van der Waals surface area contributed by atoms with Crippen molar-refractivity contribution in [2.45, 2.75) is 32.6 Å². The van der Waals surface area contributed by atoms with E-state index in [4.69, 9.17) is 5.73 Å². The van der Waals surface area contributed by atoms with E-state index in [2.05, 4.69) is 20.6 Å². The van der Waals surface area contributed by atoms with E-state index < -0.39 is 9.84 Å². The monoisotopic (exact) mass is 377 g/mol. The van der Waals surface area contributed by atoms with E-state index in [1.807, 2.05) is 13.8 Å². The predicted molar refractivity (Wildman–Crippen MR) is 102 cm³/mol. The van der Waals surface area contributed by atoms with Crippen molar-refractivity contribution in [3.8, 4) is 11.4 Å². The number of carbonyl (C=O) groups excluding carboxylic acids is 1. The number of nitrogens with one attached hydrogen (secondary N) is 2. The van der Waals surface area contributed by atoms with Gasteiger partial charge in [0.25, 0.3) is 0 Å². The normalized spacial score (nSPS) is 11.4. The molecule has 4 N–H and O–H groups in total. The van der Waals surface area contributed by atoms with Gasteiger partial charge >= 0.3 is 6.03 Å². The molecule has 0 bridgehead atoms. The van der Waals surface area contributed by atoms with E-state index in [9.17, 15) is 13.2 Å². The Kier molecular flexibility index (Phi) is 6.14. The van der Waals surface area contributed by atoms with Crippen molar-refractivity contribution in [3.05, 3.63) is 36.0 Å². The van der Waals surface area contributed by atoms with Crippen LogP contribution in [0.4, 0.5) is 16.3 Å². The summed E-state index contributed by atoms with van der Waals surface area (Å²) in [5, 5.41) is 5.45. The molecule has 1 aromatic heterocycles. The number of hydrogen-bond acceptors (Lipinski definition) is 6. The number of benzene rings is 1. The molecule has 1 aromatic carbocycles. The predicted octanol–water partition coefficient (Wildman–Crippen LogP) is 2.19. The SMILES string of the molecule is CCS(=O)(=O)Cc1cc(N)nc(-c2ccc(NC(=O)NC(C)C)cc2)n1. The van der Waals surface area contributed by atoms with Gasteiger partial charge in [0, 0.05) is 29.1 Å². The van der Waals surface area contributed by atoms with Crippen LogP contribution in [-0.4, -0.2) is 36.2 Å². The summed E-state index contributed by atoms with van der Waals surface area (Å²) in [6.45, 7) is 5.33. The molecule has 8 nitrogen and oxygen atoms in total. The lowest BCUT2D eigenvalue weighted by Gasteiger charge is -2.10. The highest BCUT2D eigenvalue weighted by molar-refractivity contribution is 7.90. The molecule has 140 valence electrons. The second-order valence-electron chi connectivity index (χ2n) is 6.11. The van der Waals surface area contributed by atoms with Crippen molar-refractivity contribution in [3.63, 3.8) is 0 Å². The van der Waals surface area contributed by atoms with Gasteiger partial charge in [-0.05, 0) is 38.1 Å². The van der Waals surface area contributed by atoms with Crippen molar-refractivity contribution in [1.29, 1.82) is 0 Å². The molecule has 1 heterocycles. The maximum atomic E-state index is 11.8. The summed E-state index contributed by atoms with van der Waals surface area (Å²) in [5.41, 5.74) is 7.43. The molecule has 0 aliphatic rings. The zero-order valence-corrected chi connectivity index (χ0v) is 15.8. The summed E-state index contributed by atoms with van der Waals surface area (Å²) in [6.07, 6.45) is 0. The number of sulfone groups is 1. The molecule has 0 saturated heterocycles. The minimum atomic E-state index is -3.22. The number of urea groups is 1. The van der Waals surface area contributed by atoms with Crippen LogP contribution in [0.15, 0.2) is 30.3 Å². The zero-order chi connectivity index (χ0) is 19.3. The number of nitrogens with two attached hydrogens (primary N) is 1. The number of anilines is 2. The maximum Gasteiger partial charge on any atom is 0.319 e. The number of aromatic nitrogens is 2. The molecule has 2 aromatic rings. The number of nitrogen functional groups attached to an aromatic ring is 1. The Hall–Kier alpha value is -2.68. The van der Waals surface area contributed by atoms with Gasteiger partial charge in [0.1, 0.15) is 5.82 Å². The minimum absolute atomic E-state index is 0.0328. The Morgan fingerprint density at radius 3 is 2.42 bits per heavy atom. The van der Waals surface area contributed by atoms with Crippen molar-refractivity contribution < 1.29 is 13.2 Å². The lowest BCUT2D eigenvalue weighted by molar-refractivity contribution is 0.250. The lowest BCUT2D eigenvalue weighted by atomic mass is 10.2.